The fraction of sp³-hybridized carbons (Fsp3) is 0.176. The summed E-state index contributed by atoms with van der Waals surface area (Å²) < 4.78 is 49.4. The summed E-state index contributed by atoms with van der Waals surface area (Å²) in [5.41, 5.74) is -0.779. The van der Waals surface area contributed by atoms with Gasteiger partial charge in [-0.05, 0) is 31.2 Å². The zero-order valence-corrected chi connectivity index (χ0v) is 14.3. The summed E-state index contributed by atoms with van der Waals surface area (Å²) in [6.45, 7) is 0.575. The van der Waals surface area contributed by atoms with Crippen molar-refractivity contribution in [2.24, 2.45) is 0 Å². The number of nitro benzene ring substituents is 1. The number of ether oxygens (including phenoxy) is 2. The van der Waals surface area contributed by atoms with Crippen molar-refractivity contribution in [3.63, 3.8) is 0 Å². The summed E-state index contributed by atoms with van der Waals surface area (Å²) >= 11 is 0. The Labute approximate surface area is 156 Å². The Bertz CT molecular complexity index is 905. The number of non-ortho nitro benzene ring substituents is 1. The Morgan fingerprint density at radius 3 is 2.36 bits per heavy atom. The minimum absolute atomic E-state index is 0.156. The zero-order chi connectivity index (χ0) is 20.8. The Kier molecular flexibility index (Phi) is 6.53. The number of nitro groups is 1. The average molecular weight is 398 g/mol. The molecule has 1 amide bonds. The maximum Gasteiger partial charge on any atom is 0.344 e. The topological polar surface area (TPSA) is 108 Å². The van der Waals surface area contributed by atoms with Crippen molar-refractivity contribution < 1.29 is 37.2 Å². The van der Waals surface area contributed by atoms with Crippen molar-refractivity contribution in [1.82, 2.24) is 0 Å². The van der Waals surface area contributed by atoms with E-state index in [-0.39, 0.29) is 11.4 Å². The minimum atomic E-state index is -1.75. The van der Waals surface area contributed by atoms with Crippen LogP contribution >= 0.6 is 0 Å². The number of carbonyl (C=O) groups excluding carboxylic acids is 2. The predicted octanol–water partition coefficient (Wildman–Crippen LogP) is 2.96. The molecule has 0 spiro atoms. The molecule has 0 saturated carbocycles. The lowest BCUT2D eigenvalue weighted by Crippen LogP contribution is -2.32. The number of nitrogens with zero attached hydrogens (tertiary/aromatic N) is 1. The van der Waals surface area contributed by atoms with E-state index in [9.17, 15) is 32.9 Å². The molecular formula is C17H13F3N2O6. The van der Waals surface area contributed by atoms with Crippen LogP contribution in [0, 0.1) is 27.6 Å². The first-order valence-electron chi connectivity index (χ1n) is 7.70. The highest BCUT2D eigenvalue weighted by Crippen LogP contribution is 2.20. The molecule has 0 heterocycles. The third-order valence-electron chi connectivity index (χ3n) is 3.37. The van der Waals surface area contributed by atoms with Crippen molar-refractivity contribution in [2.75, 3.05) is 11.9 Å². The first-order valence-corrected chi connectivity index (χ1v) is 7.70. The Morgan fingerprint density at radius 1 is 1.11 bits per heavy atom. The number of benzene rings is 2. The summed E-state index contributed by atoms with van der Waals surface area (Å²) in [6.07, 6.45) is -1.39. The second-order valence-corrected chi connectivity index (χ2v) is 5.38. The highest BCUT2D eigenvalue weighted by atomic mass is 19.2. The highest BCUT2D eigenvalue weighted by Gasteiger charge is 2.21. The van der Waals surface area contributed by atoms with Crippen LogP contribution in [-0.4, -0.2) is 29.5 Å². The molecule has 0 unspecified atom stereocenters. The van der Waals surface area contributed by atoms with Gasteiger partial charge in [0, 0.05) is 12.1 Å². The molecule has 148 valence electrons. The van der Waals surface area contributed by atoms with Crippen LogP contribution in [0.3, 0.4) is 0 Å². The van der Waals surface area contributed by atoms with Crippen molar-refractivity contribution in [2.45, 2.75) is 13.0 Å². The van der Waals surface area contributed by atoms with Crippen LogP contribution in [0.5, 0.6) is 5.75 Å². The SMILES string of the molecule is C[C@@H](OC(=O)COc1ccc([N+](=O)[O-])cc1)C(=O)Nc1ccc(F)c(F)c1F. The average Bonchev–Trinajstić information content (AvgIpc) is 2.67. The Balaban J connectivity index is 1.86. The van der Waals surface area contributed by atoms with Gasteiger partial charge in [-0.25, -0.2) is 18.0 Å². The molecule has 0 aromatic heterocycles. The normalized spacial score (nSPS) is 11.4. The molecule has 0 fully saturated rings. The van der Waals surface area contributed by atoms with E-state index < -0.39 is 52.6 Å². The van der Waals surface area contributed by atoms with E-state index in [1.807, 2.05) is 5.32 Å². The lowest BCUT2D eigenvalue weighted by atomic mass is 10.2. The van der Waals surface area contributed by atoms with Crippen LogP contribution in [0.2, 0.25) is 0 Å². The van der Waals surface area contributed by atoms with Crippen molar-refractivity contribution in [3.05, 3.63) is 64.0 Å². The summed E-state index contributed by atoms with van der Waals surface area (Å²) in [7, 11) is 0. The van der Waals surface area contributed by atoms with Gasteiger partial charge in [0.2, 0.25) is 0 Å². The fourth-order valence-electron chi connectivity index (χ4n) is 1.95. The standard InChI is InChI=1S/C17H13F3N2O6/c1-9(17(24)21-13-7-6-12(18)15(19)16(13)20)28-14(23)8-27-11-4-2-10(3-5-11)22(25)26/h2-7,9H,8H2,1H3,(H,21,24)/t9-/m1/s1. The number of esters is 1. The van der Waals surface area contributed by atoms with Crippen LogP contribution in [0.15, 0.2) is 36.4 Å². The highest BCUT2D eigenvalue weighted by molar-refractivity contribution is 5.95. The van der Waals surface area contributed by atoms with Gasteiger partial charge in [0.05, 0.1) is 10.6 Å². The van der Waals surface area contributed by atoms with Crippen LogP contribution in [0.1, 0.15) is 6.92 Å². The lowest BCUT2D eigenvalue weighted by molar-refractivity contribution is -0.384. The second kappa shape index (κ2) is 8.84. The van der Waals surface area contributed by atoms with Gasteiger partial charge in [-0.15, -0.1) is 0 Å². The number of halogens is 3. The second-order valence-electron chi connectivity index (χ2n) is 5.38. The van der Waals surface area contributed by atoms with Crippen molar-refractivity contribution in [3.8, 4) is 5.75 Å². The molecule has 0 aliphatic carbocycles. The largest absolute Gasteiger partial charge is 0.482 e. The van der Waals surface area contributed by atoms with Crippen LogP contribution in [0.25, 0.3) is 0 Å². The van der Waals surface area contributed by atoms with E-state index in [1.54, 1.807) is 0 Å². The van der Waals surface area contributed by atoms with E-state index in [2.05, 4.69) is 0 Å². The minimum Gasteiger partial charge on any atom is -0.482 e. The summed E-state index contributed by atoms with van der Waals surface area (Å²) in [5, 5.41) is 12.5. The van der Waals surface area contributed by atoms with E-state index >= 15 is 0 Å². The summed E-state index contributed by atoms with van der Waals surface area (Å²) in [5.74, 6) is -6.53. The third-order valence-corrected chi connectivity index (χ3v) is 3.37. The molecule has 0 aliphatic rings. The molecule has 0 radical (unpaired) electrons. The monoisotopic (exact) mass is 398 g/mol. The molecule has 0 bridgehead atoms. The quantitative estimate of drug-likeness (QED) is 0.333. The van der Waals surface area contributed by atoms with E-state index in [1.165, 1.54) is 31.2 Å². The molecular weight excluding hydrogens is 385 g/mol. The molecule has 2 aromatic rings. The van der Waals surface area contributed by atoms with Crippen LogP contribution in [0.4, 0.5) is 24.5 Å². The molecule has 0 saturated heterocycles. The van der Waals surface area contributed by atoms with Crippen molar-refractivity contribution >= 4 is 23.3 Å². The first kappa shape index (κ1) is 20.7. The lowest BCUT2D eigenvalue weighted by Gasteiger charge is -2.14. The van der Waals surface area contributed by atoms with Gasteiger partial charge >= 0.3 is 5.97 Å². The summed E-state index contributed by atoms with van der Waals surface area (Å²) in [6, 6.07) is 6.33. The number of amides is 1. The van der Waals surface area contributed by atoms with Gasteiger partial charge in [0.1, 0.15) is 5.75 Å². The molecule has 8 nitrogen and oxygen atoms in total. The van der Waals surface area contributed by atoms with E-state index in [0.29, 0.717) is 6.07 Å². The van der Waals surface area contributed by atoms with Gasteiger partial charge in [-0.3, -0.25) is 14.9 Å². The van der Waals surface area contributed by atoms with Gasteiger partial charge in [-0.2, -0.15) is 0 Å². The number of hydrogen-bond donors (Lipinski definition) is 1. The predicted molar refractivity (Wildman–Crippen MR) is 89.1 cm³/mol. The Hall–Kier alpha value is -3.63. The number of rotatable bonds is 7. The van der Waals surface area contributed by atoms with Gasteiger partial charge in [0.25, 0.3) is 11.6 Å². The number of anilines is 1. The van der Waals surface area contributed by atoms with Gasteiger partial charge in [-0.1, -0.05) is 0 Å². The maximum absolute atomic E-state index is 13.5. The molecule has 2 aromatic carbocycles. The fourth-order valence-corrected chi connectivity index (χ4v) is 1.95. The number of carbonyl (C=O) groups is 2. The maximum atomic E-state index is 13.5. The van der Waals surface area contributed by atoms with Crippen LogP contribution < -0.4 is 10.1 Å². The number of nitrogens with one attached hydrogen (secondary N) is 1. The molecule has 0 aliphatic heterocycles. The van der Waals surface area contributed by atoms with E-state index in [4.69, 9.17) is 9.47 Å². The molecule has 1 atom stereocenters. The molecule has 11 heteroatoms. The van der Waals surface area contributed by atoms with Gasteiger partial charge in [0.15, 0.2) is 30.2 Å². The Morgan fingerprint density at radius 2 is 1.75 bits per heavy atom. The zero-order valence-electron chi connectivity index (χ0n) is 14.3. The molecule has 28 heavy (non-hydrogen) atoms. The van der Waals surface area contributed by atoms with Crippen molar-refractivity contribution in [1.29, 1.82) is 0 Å². The summed E-state index contributed by atoms with van der Waals surface area (Å²) in [4.78, 5) is 33.5. The van der Waals surface area contributed by atoms with Gasteiger partial charge < -0.3 is 14.8 Å². The molecule has 1 N–H and O–H groups in total. The smallest absolute Gasteiger partial charge is 0.344 e. The first-order chi connectivity index (χ1) is 13.2. The molecule has 2 rings (SSSR count). The van der Waals surface area contributed by atoms with Crippen LogP contribution in [-0.2, 0) is 14.3 Å². The number of hydrogen-bond acceptors (Lipinski definition) is 6. The van der Waals surface area contributed by atoms with E-state index in [0.717, 1.165) is 6.07 Å². The third kappa shape index (κ3) is 5.19.